The monoisotopic (exact) mass is 454 g/mol. The van der Waals surface area contributed by atoms with Gasteiger partial charge in [0.05, 0.1) is 21.7 Å². The van der Waals surface area contributed by atoms with Crippen molar-refractivity contribution in [3.05, 3.63) is 46.9 Å². The van der Waals surface area contributed by atoms with Gasteiger partial charge in [-0.05, 0) is 65.7 Å². The molecule has 0 heterocycles. The van der Waals surface area contributed by atoms with Gasteiger partial charge in [-0.1, -0.05) is 19.9 Å². The first kappa shape index (κ1) is 21.2. The molecule has 0 radical (unpaired) electrons. The maximum absolute atomic E-state index is 12.7. The van der Waals surface area contributed by atoms with Gasteiger partial charge in [0.15, 0.2) is 0 Å². The van der Waals surface area contributed by atoms with Gasteiger partial charge in [-0.3, -0.25) is 9.52 Å². The molecule has 6 nitrogen and oxygen atoms in total. The van der Waals surface area contributed by atoms with E-state index in [9.17, 15) is 13.2 Å². The average molecular weight is 455 g/mol. The molecule has 1 amide bonds. The van der Waals surface area contributed by atoms with Crippen molar-refractivity contribution in [3.63, 3.8) is 0 Å². The molecule has 8 heteroatoms. The van der Waals surface area contributed by atoms with Crippen LogP contribution in [0.4, 0.5) is 11.4 Å². The highest BCUT2D eigenvalue weighted by Gasteiger charge is 2.17. The van der Waals surface area contributed by atoms with Crippen LogP contribution in [0.5, 0.6) is 5.75 Å². The van der Waals surface area contributed by atoms with E-state index >= 15 is 0 Å². The van der Waals surface area contributed by atoms with E-state index in [0.29, 0.717) is 34.6 Å². The second-order valence-electron chi connectivity index (χ2n) is 6.01. The van der Waals surface area contributed by atoms with Crippen LogP contribution in [0.1, 0.15) is 27.2 Å². The molecule has 0 unspecified atom stereocenters. The number of amides is 1. The Balaban J connectivity index is 2.20. The zero-order valence-electron chi connectivity index (χ0n) is 15.5. The molecular formula is C19H23BrN2O4S. The summed E-state index contributed by atoms with van der Waals surface area (Å²) in [4.78, 5) is 12.1. The minimum Gasteiger partial charge on any atom is -0.493 e. The lowest BCUT2D eigenvalue weighted by Crippen LogP contribution is -2.20. The lowest BCUT2D eigenvalue weighted by atomic mass is 10.1. The van der Waals surface area contributed by atoms with E-state index < -0.39 is 10.0 Å². The van der Waals surface area contributed by atoms with Gasteiger partial charge in [0, 0.05) is 11.6 Å². The molecule has 2 aromatic carbocycles. The van der Waals surface area contributed by atoms with Crippen molar-refractivity contribution in [1.82, 2.24) is 0 Å². The quantitative estimate of drug-likeness (QED) is 0.608. The summed E-state index contributed by atoms with van der Waals surface area (Å²) in [7, 11) is -3.80. The maximum Gasteiger partial charge on any atom is 0.261 e. The molecule has 0 aliphatic rings. The number of hydrogen-bond donors (Lipinski definition) is 2. The van der Waals surface area contributed by atoms with Gasteiger partial charge in [-0.2, -0.15) is 0 Å². The molecule has 0 aliphatic carbocycles. The smallest absolute Gasteiger partial charge is 0.261 e. The Morgan fingerprint density at radius 2 is 1.89 bits per heavy atom. The van der Waals surface area contributed by atoms with Crippen molar-refractivity contribution in [2.24, 2.45) is 5.92 Å². The number of ether oxygens (including phenoxy) is 1. The molecule has 0 bridgehead atoms. The Morgan fingerprint density at radius 1 is 1.15 bits per heavy atom. The second-order valence-corrected chi connectivity index (χ2v) is 8.55. The fourth-order valence-corrected chi connectivity index (χ4v) is 3.83. The minimum absolute atomic E-state index is 0.0643. The van der Waals surface area contributed by atoms with E-state index in [2.05, 4.69) is 26.0 Å². The normalized spacial score (nSPS) is 12.3. The zero-order valence-corrected chi connectivity index (χ0v) is 17.9. The fraction of sp³-hybridized carbons (Fsp3) is 0.316. The predicted octanol–water partition coefficient (Wildman–Crippen LogP) is 4.63. The highest BCUT2D eigenvalue weighted by molar-refractivity contribution is 9.10. The molecule has 0 spiro atoms. The number of hydrogen-bond acceptors (Lipinski definition) is 4. The molecule has 2 N–H and O–H groups in total. The summed E-state index contributed by atoms with van der Waals surface area (Å²) in [5.74, 6) is 0.343. The number of nitrogens with one attached hydrogen (secondary N) is 2. The van der Waals surface area contributed by atoms with Crippen molar-refractivity contribution in [1.29, 1.82) is 0 Å². The highest BCUT2D eigenvalue weighted by atomic mass is 79.9. The molecule has 0 aliphatic heterocycles. The third-order valence-corrected chi connectivity index (χ3v) is 5.95. The minimum atomic E-state index is -3.80. The molecule has 146 valence electrons. The van der Waals surface area contributed by atoms with Crippen LogP contribution in [0, 0.1) is 5.92 Å². The van der Waals surface area contributed by atoms with Crippen LogP contribution in [-0.2, 0) is 14.8 Å². The third-order valence-electron chi connectivity index (χ3n) is 3.96. The fourth-order valence-electron chi connectivity index (χ4n) is 2.24. The van der Waals surface area contributed by atoms with Gasteiger partial charge in [-0.15, -0.1) is 0 Å². The molecule has 2 aromatic rings. The first-order valence-corrected chi connectivity index (χ1v) is 10.9. The summed E-state index contributed by atoms with van der Waals surface area (Å²) in [5.41, 5.74) is 0.843. The van der Waals surface area contributed by atoms with Crippen LogP contribution in [0.2, 0.25) is 0 Å². The van der Waals surface area contributed by atoms with Crippen LogP contribution in [0.15, 0.2) is 51.8 Å². The standard InChI is InChI=1S/C19H23BrN2O4S/c1-4-13(3)19(23)21-14-7-6-8-16(11-14)27(24,25)22-15-9-10-18(26-5-2)17(20)12-15/h6-13,22H,4-5H2,1-3H3,(H,21,23)/t13-/m1/s1. The van der Waals surface area contributed by atoms with Crippen LogP contribution >= 0.6 is 15.9 Å². The van der Waals surface area contributed by atoms with Gasteiger partial charge < -0.3 is 10.1 Å². The van der Waals surface area contributed by atoms with Crippen LogP contribution < -0.4 is 14.8 Å². The Labute approximate surface area is 168 Å². The Kier molecular flexibility index (Phi) is 7.26. The summed E-state index contributed by atoms with van der Waals surface area (Å²) in [5, 5.41) is 2.74. The number of carbonyl (C=O) groups is 1. The van der Waals surface area contributed by atoms with Crippen molar-refractivity contribution in [3.8, 4) is 5.75 Å². The molecule has 0 saturated carbocycles. The number of carbonyl (C=O) groups excluding carboxylic acids is 1. The predicted molar refractivity (Wildman–Crippen MR) is 111 cm³/mol. The van der Waals surface area contributed by atoms with Gasteiger partial charge in [0.1, 0.15) is 5.75 Å². The van der Waals surface area contributed by atoms with Crippen molar-refractivity contribution in [2.75, 3.05) is 16.6 Å². The Hall–Kier alpha value is -2.06. The van der Waals surface area contributed by atoms with Crippen molar-refractivity contribution in [2.45, 2.75) is 32.1 Å². The Morgan fingerprint density at radius 3 is 2.52 bits per heavy atom. The topological polar surface area (TPSA) is 84.5 Å². The lowest BCUT2D eigenvalue weighted by molar-refractivity contribution is -0.119. The van der Waals surface area contributed by atoms with Crippen LogP contribution in [0.25, 0.3) is 0 Å². The van der Waals surface area contributed by atoms with E-state index in [-0.39, 0.29) is 16.7 Å². The van der Waals surface area contributed by atoms with Crippen LogP contribution in [0.3, 0.4) is 0 Å². The average Bonchev–Trinajstić information content (AvgIpc) is 2.63. The Bertz CT molecular complexity index is 916. The van der Waals surface area contributed by atoms with Crippen LogP contribution in [-0.4, -0.2) is 20.9 Å². The SMILES string of the molecule is CCOc1ccc(NS(=O)(=O)c2cccc(NC(=O)[C@H](C)CC)c2)cc1Br. The summed E-state index contributed by atoms with van der Waals surface area (Å²) in [6, 6.07) is 11.1. The molecule has 2 rings (SSSR count). The lowest BCUT2D eigenvalue weighted by Gasteiger charge is -2.13. The van der Waals surface area contributed by atoms with E-state index in [4.69, 9.17) is 4.74 Å². The molecular weight excluding hydrogens is 432 g/mol. The van der Waals surface area contributed by atoms with E-state index in [1.54, 1.807) is 30.3 Å². The number of halogens is 1. The third kappa shape index (κ3) is 5.71. The van der Waals surface area contributed by atoms with Crippen molar-refractivity contribution >= 4 is 43.2 Å². The van der Waals surface area contributed by atoms with Crippen molar-refractivity contribution < 1.29 is 17.9 Å². The van der Waals surface area contributed by atoms with Gasteiger partial charge in [-0.25, -0.2) is 8.42 Å². The number of sulfonamides is 1. The number of anilines is 2. The van der Waals surface area contributed by atoms with Gasteiger partial charge in [0.2, 0.25) is 5.91 Å². The summed E-state index contributed by atoms with van der Waals surface area (Å²) < 4.78 is 34.0. The maximum atomic E-state index is 12.7. The van der Waals surface area contributed by atoms with E-state index in [0.717, 1.165) is 0 Å². The highest BCUT2D eigenvalue weighted by Crippen LogP contribution is 2.29. The number of benzene rings is 2. The molecule has 0 fully saturated rings. The first-order chi connectivity index (χ1) is 12.8. The van der Waals surface area contributed by atoms with Gasteiger partial charge in [0.25, 0.3) is 10.0 Å². The zero-order chi connectivity index (χ0) is 20.0. The van der Waals surface area contributed by atoms with E-state index in [1.165, 1.54) is 12.1 Å². The molecule has 0 saturated heterocycles. The molecule has 1 atom stereocenters. The van der Waals surface area contributed by atoms with Gasteiger partial charge >= 0.3 is 0 Å². The molecule has 27 heavy (non-hydrogen) atoms. The second kappa shape index (κ2) is 9.23. The first-order valence-electron chi connectivity index (χ1n) is 8.63. The summed E-state index contributed by atoms with van der Waals surface area (Å²) in [6.45, 7) is 6.13. The number of rotatable bonds is 8. The summed E-state index contributed by atoms with van der Waals surface area (Å²) in [6.07, 6.45) is 0.706. The largest absolute Gasteiger partial charge is 0.493 e. The summed E-state index contributed by atoms with van der Waals surface area (Å²) >= 11 is 3.36. The molecule has 0 aromatic heterocycles. The van der Waals surface area contributed by atoms with E-state index in [1.807, 2.05) is 20.8 Å².